The summed E-state index contributed by atoms with van der Waals surface area (Å²) in [6.45, 7) is 0. The SMILES string of the molecule is NC(N)=[N+]=C(N)N. The van der Waals surface area contributed by atoms with Crippen molar-refractivity contribution in [3.63, 3.8) is 0 Å². The zero-order valence-electron chi connectivity index (χ0n) is 3.76. The van der Waals surface area contributed by atoms with E-state index in [-0.39, 0.29) is 11.9 Å². The van der Waals surface area contributed by atoms with Gasteiger partial charge >= 0.3 is 11.9 Å². The first kappa shape index (κ1) is 5.65. The maximum Gasteiger partial charge on any atom is 0.363 e. The molecule has 0 saturated heterocycles. The highest BCUT2D eigenvalue weighted by Gasteiger charge is 1.80. The van der Waals surface area contributed by atoms with Crippen molar-refractivity contribution < 1.29 is 0 Å². The molecule has 0 radical (unpaired) electrons. The van der Waals surface area contributed by atoms with Gasteiger partial charge in [-0.15, -0.1) is 0 Å². The molecule has 8 N–H and O–H groups in total. The molecule has 40 valence electrons. The number of guanidine groups is 2. The van der Waals surface area contributed by atoms with E-state index in [0.29, 0.717) is 0 Å². The molecule has 7 heavy (non-hydrogen) atoms. The van der Waals surface area contributed by atoms with E-state index in [1.165, 1.54) is 0 Å². The van der Waals surface area contributed by atoms with Crippen LogP contribution in [0.1, 0.15) is 0 Å². The van der Waals surface area contributed by atoms with E-state index in [2.05, 4.69) is 4.67 Å². The highest BCUT2D eigenvalue weighted by Crippen LogP contribution is 1.21. The van der Waals surface area contributed by atoms with Crippen LogP contribution in [0.5, 0.6) is 0 Å². The molecule has 0 saturated carbocycles. The molecule has 5 nitrogen and oxygen atoms in total. The van der Waals surface area contributed by atoms with Crippen LogP contribution in [0.4, 0.5) is 0 Å². The quantitative estimate of drug-likeness (QED) is 0.145. The third-order valence-electron chi connectivity index (χ3n) is 0.258. The summed E-state index contributed by atoms with van der Waals surface area (Å²) in [5.74, 6) is -0.250. The summed E-state index contributed by atoms with van der Waals surface area (Å²) in [5, 5.41) is 0. The molecule has 0 atom stereocenters. The lowest BCUT2D eigenvalue weighted by Crippen LogP contribution is -2.33. The van der Waals surface area contributed by atoms with Crippen molar-refractivity contribution in [3.05, 3.63) is 0 Å². The van der Waals surface area contributed by atoms with Gasteiger partial charge in [0.15, 0.2) is 0 Å². The van der Waals surface area contributed by atoms with Gasteiger partial charge in [-0.3, -0.25) is 0 Å². The van der Waals surface area contributed by atoms with Crippen molar-refractivity contribution in [2.24, 2.45) is 22.9 Å². The van der Waals surface area contributed by atoms with Gasteiger partial charge in [-0.2, -0.15) is 0 Å². The predicted molar refractivity (Wildman–Crippen MR) is 28.9 cm³/mol. The second kappa shape index (κ2) is 1.94. The maximum atomic E-state index is 4.84. The van der Waals surface area contributed by atoms with Gasteiger partial charge in [0.2, 0.25) is 0 Å². The van der Waals surface area contributed by atoms with Crippen molar-refractivity contribution in [1.82, 2.24) is 4.67 Å². The first-order chi connectivity index (χ1) is 3.13. The third kappa shape index (κ3) is 4.65. The van der Waals surface area contributed by atoms with E-state index in [0.717, 1.165) is 0 Å². The fourth-order valence-corrected chi connectivity index (χ4v) is 0.149. The van der Waals surface area contributed by atoms with E-state index in [1.807, 2.05) is 0 Å². The fraction of sp³-hybridized carbons (Fsp3) is 0. The molecule has 0 spiro atoms. The molecular formula is C2H8N5+. The Morgan fingerprint density at radius 1 is 0.857 bits per heavy atom. The van der Waals surface area contributed by atoms with Crippen LogP contribution in [0.3, 0.4) is 0 Å². The molecule has 0 fully saturated rings. The van der Waals surface area contributed by atoms with Gasteiger partial charge in [0.05, 0.1) is 0 Å². The van der Waals surface area contributed by atoms with Crippen LogP contribution in [-0.4, -0.2) is 11.9 Å². The van der Waals surface area contributed by atoms with E-state index < -0.39 is 0 Å². The van der Waals surface area contributed by atoms with Crippen molar-refractivity contribution >= 4 is 11.9 Å². The van der Waals surface area contributed by atoms with Crippen LogP contribution in [0.15, 0.2) is 0 Å². The monoisotopic (exact) mass is 102 g/mol. The first-order valence-corrected chi connectivity index (χ1v) is 1.60. The summed E-state index contributed by atoms with van der Waals surface area (Å²) in [5.41, 5.74) is 19.4. The van der Waals surface area contributed by atoms with Crippen LogP contribution < -0.4 is 27.6 Å². The highest BCUT2D eigenvalue weighted by atomic mass is 15.0. The predicted octanol–water partition coefficient (Wildman–Crippen LogP) is -3.40. The van der Waals surface area contributed by atoms with Gasteiger partial charge in [-0.05, 0) is 0 Å². The van der Waals surface area contributed by atoms with Gasteiger partial charge in [-0.1, -0.05) is 0 Å². The van der Waals surface area contributed by atoms with Crippen LogP contribution >= 0.6 is 0 Å². The van der Waals surface area contributed by atoms with Crippen molar-refractivity contribution in [2.45, 2.75) is 0 Å². The molecule has 0 aliphatic rings. The Labute approximate surface area is 40.7 Å². The highest BCUT2D eigenvalue weighted by molar-refractivity contribution is 5.84. The topological polar surface area (TPSA) is 118 Å². The molecule has 0 rings (SSSR count). The Bertz CT molecular complexity index is 98.0. The summed E-state index contributed by atoms with van der Waals surface area (Å²) >= 11 is 0. The molecule has 0 aromatic heterocycles. The van der Waals surface area contributed by atoms with Gasteiger partial charge < -0.3 is 22.9 Å². The second-order valence-corrected chi connectivity index (χ2v) is 0.962. The maximum absolute atomic E-state index is 4.84. The van der Waals surface area contributed by atoms with E-state index >= 15 is 0 Å². The zero-order valence-corrected chi connectivity index (χ0v) is 3.76. The lowest BCUT2D eigenvalue weighted by Gasteiger charge is -1.72. The summed E-state index contributed by atoms with van der Waals surface area (Å²) in [6.07, 6.45) is 0. The van der Waals surface area contributed by atoms with Gasteiger partial charge in [-0.25, -0.2) is 4.67 Å². The van der Waals surface area contributed by atoms with E-state index in [9.17, 15) is 0 Å². The molecule has 0 bridgehead atoms. The molecule has 0 unspecified atom stereocenters. The van der Waals surface area contributed by atoms with Gasteiger partial charge in [0.25, 0.3) is 0 Å². The number of nitrogens with zero attached hydrogens (tertiary/aromatic N) is 1. The fourth-order valence-electron chi connectivity index (χ4n) is 0.149. The van der Waals surface area contributed by atoms with Gasteiger partial charge in [0, 0.05) is 0 Å². The Morgan fingerprint density at radius 3 is 1.14 bits per heavy atom. The van der Waals surface area contributed by atoms with Crippen molar-refractivity contribution in [2.75, 3.05) is 0 Å². The molecule has 0 aliphatic heterocycles. The number of nitrogens with two attached hydrogens (primary N) is 4. The average molecular weight is 102 g/mol. The molecule has 0 amide bonds. The standard InChI is InChI=1S/C2H7N5/c3-1(4)7-2(5)6/h(H7,3,4,5,6,7)/p+1. The Balaban J connectivity index is 4.13. The minimum atomic E-state index is -0.125. The normalized spacial score (nSPS) is 6.86. The van der Waals surface area contributed by atoms with Crippen LogP contribution in [-0.2, 0) is 0 Å². The number of hydrogen-bond acceptors (Lipinski definition) is 0. The minimum absolute atomic E-state index is 0.125. The molecular weight excluding hydrogens is 94.1 g/mol. The minimum Gasteiger partial charge on any atom is -0.309 e. The zero-order chi connectivity index (χ0) is 5.86. The molecule has 5 heteroatoms. The summed E-state index contributed by atoms with van der Waals surface area (Å²) in [6, 6.07) is 0. The summed E-state index contributed by atoms with van der Waals surface area (Å²) < 4.78 is 3.22. The van der Waals surface area contributed by atoms with Crippen LogP contribution in [0.25, 0.3) is 0 Å². The summed E-state index contributed by atoms with van der Waals surface area (Å²) in [4.78, 5) is 0. The second-order valence-electron chi connectivity index (χ2n) is 0.962. The van der Waals surface area contributed by atoms with Crippen molar-refractivity contribution in [3.8, 4) is 0 Å². The smallest absolute Gasteiger partial charge is 0.309 e. The largest absolute Gasteiger partial charge is 0.363 e. The summed E-state index contributed by atoms with van der Waals surface area (Å²) in [7, 11) is 0. The number of rotatable bonds is 0. The third-order valence-corrected chi connectivity index (χ3v) is 0.258. The molecule has 0 heterocycles. The molecule has 0 aromatic carbocycles. The van der Waals surface area contributed by atoms with Gasteiger partial charge in [0.1, 0.15) is 0 Å². The molecule has 0 aromatic rings. The van der Waals surface area contributed by atoms with Crippen LogP contribution in [0.2, 0.25) is 0 Å². The van der Waals surface area contributed by atoms with Crippen LogP contribution in [0, 0.1) is 0 Å². The number of hydrogen-bond donors (Lipinski definition) is 4. The van der Waals surface area contributed by atoms with Crippen molar-refractivity contribution in [1.29, 1.82) is 0 Å². The first-order valence-electron chi connectivity index (χ1n) is 1.60. The Kier molecular flexibility index (Phi) is 1.57. The van der Waals surface area contributed by atoms with E-state index in [1.54, 1.807) is 0 Å². The average Bonchev–Trinajstić information content (AvgIpc) is 1.27. The Morgan fingerprint density at radius 2 is 1.14 bits per heavy atom. The lowest BCUT2D eigenvalue weighted by atomic mass is 11.0. The molecule has 0 aliphatic carbocycles. The lowest BCUT2D eigenvalue weighted by molar-refractivity contribution is 1.39. The Hall–Kier alpha value is -1.35. The van der Waals surface area contributed by atoms with E-state index in [4.69, 9.17) is 22.9 Å².